The van der Waals surface area contributed by atoms with Gasteiger partial charge in [-0.05, 0) is 129 Å². The molecule has 0 radical (unpaired) electrons. The van der Waals surface area contributed by atoms with Gasteiger partial charge < -0.3 is 4.57 Å². The molecule has 80 heavy (non-hydrogen) atoms. The van der Waals surface area contributed by atoms with E-state index in [-0.39, 0.29) is 0 Å². The quantitative estimate of drug-likeness (QED) is 0.145. The molecule has 9 aromatic carbocycles. The van der Waals surface area contributed by atoms with Gasteiger partial charge in [0.15, 0.2) is 22.7 Å². The first-order valence-corrected chi connectivity index (χ1v) is 24.6. The van der Waals surface area contributed by atoms with Crippen LogP contribution in [0, 0.1) is 82.9 Å². The highest BCUT2D eigenvalue weighted by molar-refractivity contribution is 6.14. The number of nitriles is 5. The van der Waals surface area contributed by atoms with Crippen LogP contribution >= 0.6 is 0 Å². The molecule has 12 nitrogen and oxygen atoms in total. The van der Waals surface area contributed by atoms with Crippen LogP contribution < -0.4 is 0 Å². The maximum absolute atomic E-state index is 10.8. The molecular formula is C68H30N12. The van der Waals surface area contributed by atoms with Gasteiger partial charge in [-0.25, -0.2) is 24.4 Å². The van der Waals surface area contributed by atoms with Crippen LogP contribution in [-0.2, 0) is 0 Å². The molecule has 0 fully saturated rings. The second-order valence-corrected chi connectivity index (χ2v) is 18.6. The molecule has 0 aliphatic carbocycles. The maximum Gasteiger partial charge on any atom is 0.184 e. The van der Waals surface area contributed by atoms with E-state index >= 15 is 0 Å². The molecule has 12 rings (SSSR count). The summed E-state index contributed by atoms with van der Waals surface area (Å²) < 4.78 is 4.15. The number of hydrogen-bond acceptors (Lipinski definition) is 6. The Kier molecular flexibility index (Phi) is 11.7. The zero-order valence-corrected chi connectivity index (χ0v) is 41.7. The standard InChI is InChI=1S/C68H30N12/c1-74-49-15-19-54(61(31-49)76-3)44-13-21-63-56(29-44)57-30-45(55-20-16-50(75-2)32-62(55)77-4)14-22-64(57)79(63)67-39-78-68(33-60(67)53-8-6-5-7-46(53)36-71)80-65-23-11-42(51-17-9-40(34-69)25-47(51)37-72)27-58(65)59-28-43(12-24-66(59)80)52-18-10-41(35-70)26-48(52)38-73/h5-33,39H. The predicted octanol–water partition coefficient (Wildman–Crippen LogP) is 17.2. The van der Waals surface area contributed by atoms with E-state index in [1.165, 1.54) is 0 Å². The SMILES string of the molecule is [C-]#[N+]c1ccc(-c2ccc3c(c2)c2cc(-c4ccc([N+]#[C-])cc4[N+]#[C-])ccc2n3-c2cnc(-n3c4ccc(-c5ccc(C#N)cc5C#N)cc4c4cc(-c5ccc(C#N)cc5C#N)ccc43)cc2-c2ccccc2C#N)c([N+]#[C-])c1. The third kappa shape index (κ3) is 7.82. The highest BCUT2D eigenvalue weighted by Gasteiger charge is 2.24. The van der Waals surface area contributed by atoms with Gasteiger partial charge in [0.1, 0.15) is 5.82 Å². The topological polar surface area (TPSA) is 159 Å². The molecule has 0 bridgehead atoms. The van der Waals surface area contributed by atoms with Crippen molar-refractivity contribution in [3.8, 4) is 97.5 Å². The third-order valence-corrected chi connectivity index (χ3v) is 14.5. The number of fused-ring (bicyclic) bond motifs is 6. The lowest BCUT2D eigenvalue weighted by atomic mass is 9.95. The zero-order valence-electron chi connectivity index (χ0n) is 41.7. The molecule has 0 spiro atoms. The highest BCUT2D eigenvalue weighted by atomic mass is 15.1. The second kappa shape index (κ2) is 19.4. The molecule has 0 unspecified atom stereocenters. The van der Waals surface area contributed by atoms with Crippen molar-refractivity contribution in [3.05, 3.63) is 256 Å². The number of aromatic nitrogens is 3. The summed E-state index contributed by atoms with van der Waals surface area (Å²) in [7, 11) is 0. The first-order valence-electron chi connectivity index (χ1n) is 24.6. The van der Waals surface area contributed by atoms with Crippen LogP contribution in [0.5, 0.6) is 0 Å². The Hall–Kier alpha value is -12.9. The van der Waals surface area contributed by atoms with Gasteiger partial charge in [0.25, 0.3) is 0 Å². The molecule has 12 aromatic rings. The van der Waals surface area contributed by atoms with Crippen LogP contribution in [0.3, 0.4) is 0 Å². The second-order valence-electron chi connectivity index (χ2n) is 18.6. The van der Waals surface area contributed by atoms with Gasteiger partial charge >= 0.3 is 0 Å². The number of nitrogens with zero attached hydrogens (tertiary/aromatic N) is 12. The Bertz CT molecular complexity index is 4880. The molecule has 0 aliphatic rings. The van der Waals surface area contributed by atoms with E-state index in [2.05, 4.69) is 54.3 Å². The van der Waals surface area contributed by atoms with Gasteiger partial charge in [-0.15, -0.1) is 0 Å². The molecule has 12 heteroatoms. The summed E-state index contributed by atoms with van der Waals surface area (Å²) in [5.74, 6) is 0.513. The highest BCUT2D eigenvalue weighted by Crippen LogP contribution is 2.45. The fraction of sp³-hybridized carbons (Fsp3) is 0. The van der Waals surface area contributed by atoms with Crippen LogP contribution in [-0.4, -0.2) is 14.1 Å². The van der Waals surface area contributed by atoms with Gasteiger partial charge in [0, 0.05) is 32.7 Å². The Morgan fingerprint density at radius 2 is 0.775 bits per heavy atom. The number of benzene rings is 9. The van der Waals surface area contributed by atoms with Crippen LogP contribution in [0.4, 0.5) is 22.7 Å². The first kappa shape index (κ1) is 48.1. The summed E-state index contributed by atoms with van der Waals surface area (Å²) in [6, 6.07) is 64.4. The Morgan fingerprint density at radius 3 is 1.20 bits per heavy atom. The van der Waals surface area contributed by atoms with Crippen molar-refractivity contribution in [2.24, 2.45) is 0 Å². The molecular weight excluding hydrogens is 985 g/mol. The van der Waals surface area contributed by atoms with Crippen LogP contribution in [0.15, 0.2) is 182 Å². The molecule has 0 saturated carbocycles. The summed E-state index contributed by atoms with van der Waals surface area (Å²) in [6.07, 6.45) is 1.80. The smallest absolute Gasteiger partial charge is 0.184 e. The Morgan fingerprint density at radius 1 is 0.350 bits per heavy atom. The normalized spacial score (nSPS) is 10.6. The molecule has 3 heterocycles. The van der Waals surface area contributed by atoms with Gasteiger partial charge in [0.2, 0.25) is 0 Å². The summed E-state index contributed by atoms with van der Waals surface area (Å²) >= 11 is 0. The fourth-order valence-electron chi connectivity index (χ4n) is 10.8. The van der Waals surface area contributed by atoms with Crippen molar-refractivity contribution in [1.29, 1.82) is 26.3 Å². The van der Waals surface area contributed by atoms with Crippen molar-refractivity contribution >= 4 is 66.4 Å². The van der Waals surface area contributed by atoms with Crippen LogP contribution in [0.1, 0.15) is 27.8 Å². The van der Waals surface area contributed by atoms with Crippen molar-refractivity contribution in [3.63, 3.8) is 0 Å². The number of hydrogen-bond donors (Lipinski definition) is 0. The van der Waals surface area contributed by atoms with E-state index < -0.39 is 0 Å². The van der Waals surface area contributed by atoms with Crippen molar-refractivity contribution in [2.45, 2.75) is 0 Å². The van der Waals surface area contributed by atoms with E-state index in [0.717, 1.165) is 65.9 Å². The minimum Gasteiger partial charge on any atom is -0.307 e. The average Bonchev–Trinajstić information content (AvgIpc) is 4.16. The van der Waals surface area contributed by atoms with Gasteiger partial charge in [-0.2, -0.15) is 26.3 Å². The molecule has 0 atom stereocenters. The monoisotopic (exact) mass is 1010 g/mol. The van der Waals surface area contributed by atoms with Crippen molar-refractivity contribution < 1.29 is 0 Å². The Balaban J connectivity index is 1.14. The third-order valence-electron chi connectivity index (χ3n) is 14.5. The number of rotatable bonds is 7. The maximum atomic E-state index is 10.8. The van der Waals surface area contributed by atoms with Gasteiger partial charge in [-0.1, -0.05) is 91.0 Å². The molecule has 0 aliphatic heterocycles. The predicted molar refractivity (Wildman–Crippen MR) is 309 cm³/mol. The molecule has 3 aromatic heterocycles. The minimum atomic E-state index is 0.332. The van der Waals surface area contributed by atoms with Gasteiger partial charge in [-0.3, -0.25) is 4.57 Å². The first-order chi connectivity index (χ1) is 39.2. The van der Waals surface area contributed by atoms with E-state index in [1.54, 1.807) is 85.1 Å². The molecule has 362 valence electrons. The zero-order chi connectivity index (χ0) is 55.2. The summed E-state index contributed by atoms with van der Waals surface area (Å²) in [5, 5.41) is 53.9. The lowest BCUT2D eigenvalue weighted by Gasteiger charge is -2.17. The summed E-state index contributed by atoms with van der Waals surface area (Å²) in [5.41, 5.74) is 13.8. The number of pyridine rings is 1. The molecule has 0 N–H and O–H groups in total. The van der Waals surface area contributed by atoms with Crippen molar-refractivity contribution in [1.82, 2.24) is 14.1 Å². The lowest BCUT2D eigenvalue weighted by molar-refractivity contribution is 1.06. The molecule has 0 amide bonds. The molecule has 0 saturated heterocycles. The fourth-order valence-corrected chi connectivity index (χ4v) is 10.8. The summed E-state index contributed by atoms with van der Waals surface area (Å²) in [6.45, 7) is 31.3. The van der Waals surface area contributed by atoms with Crippen LogP contribution in [0.2, 0.25) is 0 Å². The van der Waals surface area contributed by atoms with Crippen LogP contribution in [0.25, 0.3) is 130 Å². The summed E-state index contributed by atoms with van der Waals surface area (Å²) in [4.78, 5) is 20.0. The van der Waals surface area contributed by atoms with Gasteiger partial charge in [0.05, 0.1) is 118 Å². The lowest BCUT2D eigenvalue weighted by Crippen LogP contribution is -2.04. The largest absolute Gasteiger partial charge is 0.307 e. The average molecular weight is 1020 g/mol. The van der Waals surface area contributed by atoms with Crippen molar-refractivity contribution in [2.75, 3.05) is 0 Å². The van der Waals surface area contributed by atoms with E-state index in [1.807, 2.05) is 102 Å². The minimum absolute atomic E-state index is 0.332. The van der Waals surface area contributed by atoms with E-state index in [9.17, 15) is 26.3 Å². The van der Waals surface area contributed by atoms with E-state index in [0.29, 0.717) is 95.5 Å². The Labute approximate surface area is 457 Å². The van der Waals surface area contributed by atoms with E-state index in [4.69, 9.17) is 31.3 Å².